The number of unbranched alkanes of at least 4 members (excludes halogenated alkanes) is 1. The van der Waals surface area contributed by atoms with Crippen LogP contribution >= 0.6 is 0 Å². The molecule has 0 spiro atoms. The summed E-state index contributed by atoms with van der Waals surface area (Å²) in [5, 5.41) is 2.87. The van der Waals surface area contributed by atoms with E-state index in [4.69, 9.17) is 9.47 Å². The first-order valence-electron chi connectivity index (χ1n) is 13.3. The van der Waals surface area contributed by atoms with Crippen LogP contribution in [-0.2, 0) is 24.4 Å². The van der Waals surface area contributed by atoms with E-state index < -0.39 is 0 Å². The Morgan fingerprint density at radius 2 is 1.55 bits per heavy atom. The summed E-state index contributed by atoms with van der Waals surface area (Å²) in [5.74, 6) is 1.64. The fraction of sp³-hybridized carbons (Fsp3) is 0.265. The molecule has 4 aromatic carbocycles. The summed E-state index contributed by atoms with van der Waals surface area (Å²) < 4.78 is 12.6. The van der Waals surface area contributed by atoms with Crippen molar-refractivity contribution in [1.82, 2.24) is 5.32 Å². The van der Waals surface area contributed by atoms with E-state index in [-0.39, 0.29) is 5.91 Å². The van der Waals surface area contributed by atoms with Crippen LogP contribution in [0.15, 0.2) is 91.0 Å². The van der Waals surface area contributed by atoms with Crippen LogP contribution in [0.2, 0.25) is 0 Å². The molecule has 0 aliphatic rings. The predicted octanol–water partition coefficient (Wildman–Crippen LogP) is 7.59. The minimum atomic E-state index is 0.0122. The maximum atomic E-state index is 11.1. The molecule has 1 amide bonds. The Bertz CT molecular complexity index is 1330. The molecule has 38 heavy (non-hydrogen) atoms. The number of hydrogen-bond acceptors (Lipinski definition) is 3. The van der Waals surface area contributed by atoms with Gasteiger partial charge < -0.3 is 14.8 Å². The second-order valence-electron chi connectivity index (χ2n) is 9.73. The number of ether oxygens (including phenoxy) is 2. The number of amides is 1. The SMILES string of the molecule is CC(=O)NCCCCc1ccc(OCc2cccc(-c3ccccc3)c2C)cc1OCc1ccc(C)cc1. The smallest absolute Gasteiger partial charge is 0.216 e. The molecule has 0 atom stereocenters. The Balaban J connectivity index is 1.46. The van der Waals surface area contributed by atoms with Gasteiger partial charge in [0.05, 0.1) is 0 Å². The van der Waals surface area contributed by atoms with E-state index in [1.807, 2.05) is 18.2 Å². The molecule has 4 aromatic rings. The summed E-state index contributed by atoms with van der Waals surface area (Å²) in [5.41, 5.74) is 8.34. The van der Waals surface area contributed by atoms with Crippen molar-refractivity contribution in [3.63, 3.8) is 0 Å². The third-order valence-corrected chi connectivity index (χ3v) is 6.73. The van der Waals surface area contributed by atoms with E-state index in [9.17, 15) is 4.79 Å². The number of rotatable bonds is 12. The Labute approximate surface area is 226 Å². The third-order valence-electron chi connectivity index (χ3n) is 6.73. The minimum absolute atomic E-state index is 0.0122. The van der Waals surface area contributed by atoms with Crippen molar-refractivity contribution in [3.05, 3.63) is 119 Å². The molecule has 0 fully saturated rings. The zero-order valence-corrected chi connectivity index (χ0v) is 22.6. The molecule has 4 heteroatoms. The van der Waals surface area contributed by atoms with Gasteiger partial charge in [0.1, 0.15) is 24.7 Å². The highest BCUT2D eigenvalue weighted by Crippen LogP contribution is 2.30. The molecule has 0 aromatic heterocycles. The van der Waals surface area contributed by atoms with Gasteiger partial charge in [0.2, 0.25) is 5.91 Å². The lowest BCUT2D eigenvalue weighted by atomic mass is 9.97. The molecule has 196 valence electrons. The summed E-state index contributed by atoms with van der Waals surface area (Å²) in [6.07, 6.45) is 2.76. The van der Waals surface area contributed by atoms with Crippen LogP contribution in [0, 0.1) is 13.8 Å². The summed E-state index contributed by atoms with van der Waals surface area (Å²) in [7, 11) is 0. The highest BCUT2D eigenvalue weighted by atomic mass is 16.5. The lowest BCUT2D eigenvalue weighted by molar-refractivity contribution is -0.118. The lowest BCUT2D eigenvalue weighted by Gasteiger charge is -2.16. The molecule has 0 saturated heterocycles. The number of aryl methyl sites for hydroxylation is 2. The summed E-state index contributed by atoms with van der Waals surface area (Å²) in [6, 6.07) is 31.4. The van der Waals surface area contributed by atoms with Crippen LogP contribution in [0.25, 0.3) is 11.1 Å². The first kappa shape index (κ1) is 27.0. The second kappa shape index (κ2) is 13.5. The van der Waals surface area contributed by atoms with Crippen molar-refractivity contribution in [2.24, 2.45) is 0 Å². The molecule has 0 unspecified atom stereocenters. The molecule has 4 nitrogen and oxygen atoms in total. The van der Waals surface area contributed by atoms with E-state index in [0.29, 0.717) is 19.8 Å². The van der Waals surface area contributed by atoms with Crippen LogP contribution in [0.1, 0.15) is 47.6 Å². The Hall–Kier alpha value is -4.05. The van der Waals surface area contributed by atoms with Gasteiger partial charge in [0, 0.05) is 19.5 Å². The van der Waals surface area contributed by atoms with Crippen molar-refractivity contribution in [1.29, 1.82) is 0 Å². The largest absolute Gasteiger partial charge is 0.489 e. The predicted molar refractivity (Wildman–Crippen MR) is 155 cm³/mol. The normalized spacial score (nSPS) is 10.7. The quantitative estimate of drug-likeness (QED) is 0.201. The van der Waals surface area contributed by atoms with E-state index in [2.05, 4.69) is 92.0 Å². The first-order valence-corrected chi connectivity index (χ1v) is 13.3. The topological polar surface area (TPSA) is 47.6 Å². The molecule has 0 radical (unpaired) electrons. The molecule has 0 aliphatic heterocycles. The average Bonchev–Trinajstić information content (AvgIpc) is 2.93. The van der Waals surface area contributed by atoms with Gasteiger partial charge in [0.25, 0.3) is 0 Å². The molecular formula is C34H37NO3. The number of carbonyl (C=O) groups excluding carboxylic acids is 1. The molecule has 0 aliphatic carbocycles. The van der Waals surface area contributed by atoms with Crippen molar-refractivity contribution >= 4 is 5.91 Å². The van der Waals surface area contributed by atoms with Crippen LogP contribution in [0.3, 0.4) is 0 Å². The standard InChI is InChI=1S/C34H37NO3/c1-25-15-17-28(18-16-25)23-38-34-22-32(20-19-30(34)12-7-8-21-35-27(3)36)37-24-31-13-9-14-33(26(31)2)29-10-5-4-6-11-29/h4-6,9-11,13-20,22H,7-8,12,21,23-24H2,1-3H3,(H,35,36). The van der Waals surface area contributed by atoms with Crippen molar-refractivity contribution < 1.29 is 14.3 Å². The van der Waals surface area contributed by atoms with Crippen LogP contribution in [0.5, 0.6) is 11.5 Å². The van der Waals surface area contributed by atoms with Gasteiger partial charge in [-0.3, -0.25) is 4.79 Å². The van der Waals surface area contributed by atoms with Crippen LogP contribution in [-0.4, -0.2) is 12.5 Å². The van der Waals surface area contributed by atoms with Crippen LogP contribution < -0.4 is 14.8 Å². The van der Waals surface area contributed by atoms with Gasteiger partial charge in [-0.1, -0.05) is 84.4 Å². The van der Waals surface area contributed by atoms with Crippen LogP contribution in [0.4, 0.5) is 0 Å². The molecule has 1 N–H and O–H groups in total. The van der Waals surface area contributed by atoms with Gasteiger partial charge in [-0.15, -0.1) is 0 Å². The van der Waals surface area contributed by atoms with E-state index >= 15 is 0 Å². The Morgan fingerprint density at radius 3 is 2.32 bits per heavy atom. The zero-order valence-electron chi connectivity index (χ0n) is 22.6. The monoisotopic (exact) mass is 507 g/mol. The second-order valence-corrected chi connectivity index (χ2v) is 9.73. The van der Waals surface area contributed by atoms with E-state index in [1.165, 1.54) is 22.3 Å². The maximum absolute atomic E-state index is 11.1. The first-order chi connectivity index (χ1) is 18.5. The average molecular weight is 508 g/mol. The van der Waals surface area contributed by atoms with E-state index in [0.717, 1.165) is 47.5 Å². The van der Waals surface area contributed by atoms with Gasteiger partial charge in [-0.2, -0.15) is 0 Å². The number of carbonyl (C=O) groups is 1. The maximum Gasteiger partial charge on any atom is 0.216 e. The number of hydrogen-bond donors (Lipinski definition) is 1. The number of nitrogens with one attached hydrogen (secondary N) is 1. The zero-order chi connectivity index (χ0) is 26.7. The van der Waals surface area contributed by atoms with Crippen molar-refractivity contribution in [3.8, 4) is 22.6 Å². The van der Waals surface area contributed by atoms with Gasteiger partial charge in [-0.05, 0) is 72.6 Å². The van der Waals surface area contributed by atoms with Gasteiger partial charge in [-0.25, -0.2) is 0 Å². The minimum Gasteiger partial charge on any atom is -0.489 e. The summed E-state index contributed by atoms with van der Waals surface area (Å²) in [6.45, 7) is 7.47. The fourth-order valence-corrected chi connectivity index (χ4v) is 4.45. The molecular weight excluding hydrogens is 470 g/mol. The molecule has 4 rings (SSSR count). The molecule has 0 heterocycles. The van der Waals surface area contributed by atoms with E-state index in [1.54, 1.807) is 6.92 Å². The summed E-state index contributed by atoms with van der Waals surface area (Å²) >= 11 is 0. The third kappa shape index (κ3) is 7.72. The highest BCUT2D eigenvalue weighted by molar-refractivity contribution is 5.72. The fourth-order valence-electron chi connectivity index (χ4n) is 4.45. The Morgan fingerprint density at radius 1 is 0.763 bits per heavy atom. The van der Waals surface area contributed by atoms with Gasteiger partial charge in [0.15, 0.2) is 0 Å². The Kier molecular flexibility index (Phi) is 9.58. The van der Waals surface area contributed by atoms with Crippen molar-refractivity contribution in [2.75, 3.05) is 6.54 Å². The highest BCUT2D eigenvalue weighted by Gasteiger charge is 2.10. The number of benzene rings is 4. The van der Waals surface area contributed by atoms with Crippen molar-refractivity contribution in [2.45, 2.75) is 53.2 Å². The molecule has 0 saturated carbocycles. The lowest BCUT2D eigenvalue weighted by Crippen LogP contribution is -2.20. The summed E-state index contributed by atoms with van der Waals surface area (Å²) in [4.78, 5) is 11.1. The molecule has 0 bridgehead atoms. The van der Waals surface area contributed by atoms with Gasteiger partial charge >= 0.3 is 0 Å².